The number of aliphatic hydroxyl groups is 1. The van der Waals surface area contributed by atoms with Gasteiger partial charge in [-0.2, -0.15) is 0 Å². The van der Waals surface area contributed by atoms with Crippen molar-refractivity contribution in [2.45, 2.75) is 24.3 Å². The molecule has 0 aliphatic carbocycles. The molecule has 78 valence electrons. The van der Waals surface area contributed by atoms with Crippen molar-refractivity contribution in [3.05, 3.63) is 23.8 Å². The molecule has 3 N–H and O–H groups in total. The summed E-state index contributed by atoms with van der Waals surface area (Å²) in [5.41, 5.74) is -0.0252. The van der Waals surface area contributed by atoms with Crippen LogP contribution >= 0.6 is 11.9 Å². The Morgan fingerprint density at radius 1 is 1.43 bits per heavy atom. The van der Waals surface area contributed by atoms with Gasteiger partial charge in [-0.25, -0.2) is 0 Å². The van der Waals surface area contributed by atoms with E-state index < -0.39 is 5.60 Å². The summed E-state index contributed by atoms with van der Waals surface area (Å²) in [6.07, 6.45) is 0. The van der Waals surface area contributed by atoms with Gasteiger partial charge in [-0.05, 0) is 43.5 Å². The van der Waals surface area contributed by atoms with Gasteiger partial charge in [0.05, 0.1) is 17.6 Å². The molecule has 0 fully saturated rings. The molecule has 14 heavy (non-hydrogen) atoms. The van der Waals surface area contributed by atoms with Crippen molar-refractivity contribution in [1.29, 1.82) is 0 Å². The van der Waals surface area contributed by atoms with E-state index in [0.717, 1.165) is 28.2 Å². The molecule has 0 amide bonds. The van der Waals surface area contributed by atoms with Crippen molar-refractivity contribution in [3.8, 4) is 5.75 Å². The topological polar surface area (TPSA) is 55.5 Å². The smallest absolute Gasteiger partial charge is 0.133 e. The van der Waals surface area contributed by atoms with E-state index in [1.807, 2.05) is 18.2 Å². The molecule has 0 saturated carbocycles. The Balaban J connectivity index is 3.14. The number of methoxy groups -OCH3 is 1. The summed E-state index contributed by atoms with van der Waals surface area (Å²) >= 11 is 1.11. The third kappa shape index (κ3) is 2.41. The molecule has 0 aliphatic rings. The van der Waals surface area contributed by atoms with Crippen LogP contribution in [-0.2, 0) is 5.60 Å². The van der Waals surface area contributed by atoms with Gasteiger partial charge < -0.3 is 9.84 Å². The Kier molecular flexibility index (Phi) is 3.42. The normalized spacial score (nSPS) is 11.5. The van der Waals surface area contributed by atoms with Crippen molar-refractivity contribution in [2.75, 3.05) is 7.11 Å². The zero-order valence-corrected chi connectivity index (χ0v) is 9.39. The SMILES string of the molecule is COc1ccc(C(C)(C)O)cc1SN. The average Bonchev–Trinajstić information content (AvgIpc) is 2.15. The van der Waals surface area contributed by atoms with Crippen LogP contribution in [0.15, 0.2) is 23.1 Å². The minimum atomic E-state index is -0.850. The lowest BCUT2D eigenvalue weighted by Gasteiger charge is -2.19. The lowest BCUT2D eigenvalue weighted by atomic mass is 9.98. The van der Waals surface area contributed by atoms with E-state index in [1.54, 1.807) is 21.0 Å². The van der Waals surface area contributed by atoms with Gasteiger partial charge >= 0.3 is 0 Å². The van der Waals surface area contributed by atoms with Crippen LogP contribution in [0.5, 0.6) is 5.75 Å². The molecule has 0 spiro atoms. The summed E-state index contributed by atoms with van der Waals surface area (Å²) in [7, 11) is 1.60. The first kappa shape index (κ1) is 11.4. The van der Waals surface area contributed by atoms with Crippen LogP contribution in [0, 0.1) is 0 Å². The fourth-order valence-electron chi connectivity index (χ4n) is 1.15. The lowest BCUT2D eigenvalue weighted by Crippen LogP contribution is -2.15. The van der Waals surface area contributed by atoms with E-state index in [4.69, 9.17) is 9.88 Å². The minimum absolute atomic E-state index is 0.727. The fourth-order valence-corrected chi connectivity index (χ4v) is 1.61. The maximum Gasteiger partial charge on any atom is 0.133 e. The molecule has 0 unspecified atom stereocenters. The average molecular weight is 213 g/mol. The number of rotatable bonds is 3. The van der Waals surface area contributed by atoms with Gasteiger partial charge in [0.2, 0.25) is 0 Å². The molecular weight excluding hydrogens is 198 g/mol. The zero-order chi connectivity index (χ0) is 10.8. The second kappa shape index (κ2) is 4.21. The standard InChI is InChI=1S/C10H15NO2S/c1-10(2,12)7-4-5-8(13-3)9(6-7)14-11/h4-6,12H,11H2,1-3H3. The maximum absolute atomic E-state index is 9.78. The van der Waals surface area contributed by atoms with E-state index >= 15 is 0 Å². The minimum Gasteiger partial charge on any atom is -0.496 e. The van der Waals surface area contributed by atoms with Crippen LogP contribution in [0.4, 0.5) is 0 Å². The molecular formula is C10H15NO2S. The number of hydrogen-bond acceptors (Lipinski definition) is 4. The molecule has 3 nitrogen and oxygen atoms in total. The molecule has 0 saturated heterocycles. The highest BCUT2D eigenvalue weighted by atomic mass is 32.2. The fraction of sp³-hybridized carbons (Fsp3) is 0.400. The quantitative estimate of drug-likeness (QED) is 0.753. The molecule has 1 aromatic rings. The van der Waals surface area contributed by atoms with Crippen LogP contribution in [0.2, 0.25) is 0 Å². The molecule has 4 heteroatoms. The molecule has 0 radical (unpaired) electrons. The second-order valence-corrected chi connectivity index (χ2v) is 4.22. The van der Waals surface area contributed by atoms with Crippen molar-refractivity contribution in [1.82, 2.24) is 0 Å². The lowest BCUT2D eigenvalue weighted by molar-refractivity contribution is 0.0783. The first-order chi connectivity index (χ1) is 6.49. The van der Waals surface area contributed by atoms with Gasteiger partial charge in [0, 0.05) is 0 Å². The third-order valence-corrected chi connectivity index (χ3v) is 2.57. The second-order valence-electron chi connectivity index (χ2n) is 3.54. The molecule has 1 aromatic carbocycles. The summed E-state index contributed by atoms with van der Waals surface area (Å²) in [6.45, 7) is 3.47. The molecule has 0 atom stereocenters. The summed E-state index contributed by atoms with van der Waals surface area (Å²) < 4.78 is 5.12. The van der Waals surface area contributed by atoms with Gasteiger partial charge in [0.1, 0.15) is 5.75 Å². The van der Waals surface area contributed by atoms with Crippen LogP contribution in [0.25, 0.3) is 0 Å². The van der Waals surface area contributed by atoms with E-state index in [2.05, 4.69) is 0 Å². The number of benzene rings is 1. The number of ether oxygens (including phenoxy) is 1. The van der Waals surface area contributed by atoms with Gasteiger partial charge in [-0.1, -0.05) is 6.07 Å². The maximum atomic E-state index is 9.78. The largest absolute Gasteiger partial charge is 0.496 e. The Morgan fingerprint density at radius 2 is 2.07 bits per heavy atom. The first-order valence-electron chi connectivity index (χ1n) is 4.26. The molecule has 0 aromatic heterocycles. The molecule has 0 bridgehead atoms. The van der Waals surface area contributed by atoms with Crippen molar-refractivity contribution >= 4 is 11.9 Å². The third-order valence-electron chi connectivity index (χ3n) is 2.00. The summed E-state index contributed by atoms with van der Waals surface area (Å²) in [4.78, 5) is 0.826. The highest BCUT2D eigenvalue weighted by Gasteiger charge is 2.17. The number of hydrogen-bond donors (Lipinski definition) is 2. The van der Waals surface area contributed by atoms with Crippen LogP contribution in [0.3, 0.4) is 0 Å². The van der Waals surface area contributed by atoms with Crippen LogP contribution in [0.1, 0.15) is 19.4 Å². The Morgan fingerprint density at radius 3 is 2.50 bits per heavy atom. The Bertz CT molecular complexity index is 320. The molecule has 0 heterocycles. The van der Waals surface area contributed by atoms with E-state index in [1.165, 1.54) is 0 Å². The Labute approximate surface area is 88.4 Å². The summed E-state index contributed by atoms with van der Waals surface area (Å²) in [5.74, 6) is 0.727. The number of nitrogens with two attached hydrogens (primary N) is 1. The Hall–Kier alpha value is -0.710. The summed E-state index contributed by atoms with van der Waals surface area (Å²) in [6, 6.07) is 5.48. The summed E-state index contributed by atoms with van der Waals surface area (Å²) in [5, 5.41) is 15.3. The van der Waals surface area contributed by atoms with E-state index in [9.17, 15) is 5.11 Å². The first-order valence-corrected chi connectivity index (χ1v) is 5.14. The van der Waals surface area contributed by atoms with Crippen molar-refractivity contribution < 1.29 is 9.84 Å². The highest BCUT2D eigenvalue weighted by Crippen LogP contribution is 2.30. The van der Waals surface area contributed by atoms with Crippen LogP contribution in [-0.4, -0.2) is 12.2 Å². The predicted octanol–water partition coefficient (Wildman–Crippen LogP) is 1.89. The zero-order valence-electron chi connectivity index (χ0n) is 8.57. The van der Waals surface area contributed by atoms with E-state index in [-0.39, 0.29) is 0 Å². The van der Waals surface area contributed by atoms with Gasteiger partial charge in [0.15, 0.2) is 0 Å². The molecule has 1 rings (SSSR count). The van der Waals surface area contributed by atoms with Crippen molar-refractivity contribution in [3.63, 3.8) is 0 Å². The van der Waals surface area contributed by atoms with Crippen molar-refractivity contribution in [2.24, 2.45) is 5.14 Å². The predicted molar refractivity (Wildman–Crippen MR) is 58.3 cm³/mol. The van der Waals surface area contributed by atoms with Gasteiger partial charge in [-0.3, -0.25) is 5.14 Å². The molecule has 0 aliphatic heterocycles. The monoisotopic (exact) mass is 213 g/mol. The highest BCUT2D eigenvalue weighted by molar-refractivity contribution is 7.97. The van der Waals surface area contributed by atoms with E-state index in [0.29, 0.717) is 0 Å². The van der Waals surface area contributed by atoms with Gasteiger partial charge in [-0.15, -0.1) is 0 Å². The van der Waals surface area contributed by atoms with Gasteiger partial charge in [0.25, 0.3) is 0 Å². The van der Waals surface area contributed by atoms with Crippen LogP contribution < -0.4 is 9.88 Å².